The number of urea groups is 1. The molecule has 1 aromatic carbocycles. The molecule has 3 amide bonds. The number of hydrogen-bond acceptors (Lipinski definition) is 5. The van der Waals surface area contributed by atoms with Crippen molar-refractivity contribution in [2.75, 3.05) is 51.7 Å². The highest BCUT2D eigenvalue weighted by Gasteiger charge is 2.27. The summed E-state index contributed by atoms with van der Waals surface area (Å²) in [5, 5.41) is 13.8. The van der Waals surface area contributed by atoms with Gasteiger partial charge < -0.3 is 20.0 Å². The van der Waals surface area contributed by atoms with Gasteiger partial charge in [0, 0.05) is 64.6 Å². The lowest BCUT2D eigenvalue weighted by Gasteiger charge is -2.35. The number of nitro benzene ring substituents is 1. The van der Waals surface area contributed by atoms with E-state index < -0.39 is 4.92 Å². The molecule has 1 aromatic rings. The first-order valence-corrected chi connectivity index (χ1v) is 8.13. The van der Waals surface area contributed by atoms with Crippen LogP contribution >= 0.6 is 0 Å². The normalized spacial score (nSPS) is 14.2. The average molecular weight is 349 g/mol. The van der Waals surface area contributed by atoms with Gasteiger partial charge >= 0.3 is 6.03 Å². The van der Waals surface area contributed by atoms with E-state index in [0.717, 1.165) is 0 Å². The molecule has 2 rings (SSSR count). The second kappa shape index (κ2) is 7.82. The molecular formula is C16H23N5O4. The third kappa shape index (κ3) is 4.17. The number of rotatable bonds is 4. The van der Waals surface area contributed by atoms with Crippen molar-refractivity contribution in [1.29, 1.82) is 0 Å². The molecule has 9 heteroatoms. The molecule has 0 saturated carbocycles. The van der Waals surface area contributed by atoms with Gasteiger partial charge in [0.05, 0.1) is 10.5 Å². The Morgan fingerprint density at radius 2 is 1.80 bits per heavy atom. The number of benzene rings is 1. The highest BCUT2D eigenvalue weighted by Crippen LogP contribution is 2.26. The Bertz CT molecular complexity index is 668. The van der Waals surface area contributed by atoms with Crippen molar-refractivity contribution in [2.24, 2.45) is 0 Å². The molecule has 25 heavy (non-hydrogen) atoms. The second-order valence-corrected chi connectivity index (χ2v) is 5.97. The maximum absolute atomic E-state index is 12.9. The number of anilines is 1. The SMILES string of the molecule is CCNC(=O)N1CCN(C(=O)c2cc([N+](=O)[O-])ccc2N(C)C)CC1. The first kappa shape index (κ1) is 18.5. The van der Waals surface area contributed by atoms with Crippen LogP contribution in [0.2, 0.25) is 0 Å². The summed E-state index contributed by atoms with van der Waals surface area (Å²) in [6.07, 6.45) is 0. The molecule has 1 N–H and O–H groups in total. The molecule has 136 valence electrons. The van der Waals surface area contributed by atoms with Gasteiger partial charge in [0.2, 0.25) is 0 Å². The topological polar surface area (TPSA) is 99.0 Å². The Morgan fingerprint density at radius 3 is 2.32 bits per heavy atom. The fraction of sp³-hybridized carbons (Fsp3) is 0.500. The largest absolute Gasteiger partial charge is 0.377 e. The van der Waals surface area contributed by atoms with Crippen LogP contribution in [-0.2, 0) is 0 Å². The zero-order valence-electron chi connectivity index (χ0n) is 14.7. The van der Waals surface area contributed by atoms with E-state index in [1.165, 1.54) is 12.1 Å². The van der Waals surface area contributed by atoms with E-state index in [1.54, 1.807) is 34.9 Å². The fourth-order valence-corrected chi connectivity index (χ4v) is 2.74. The Morgan fingerprint density at radius 1 is 1.20 bits per heavy atom. The maximum Gasteiger partial charge on any atom is 0.317 e. The monoisotopic (exact) mass is 349 g/mol. The third-order valence-corrected chi connectivity index (χ3v) is 4.09. The molecule has 0 aliphatic carbocycles. The smallest absolute Gasteiger partial charge is 0.317 e. The van der Waals surface area contributed by atoms with Gasteiger partial charge in [-0.25, -0.2) is 4.79 Å². The molecule has 9 nitrogen and oxygen atoms in total. The van der Waals surface area contributed by atoms with E-state index in [1.807, 2.05) is 6.92 Å². The second-order valence-electron chi connectivity index (χ2n) is 5.97. The lowest BCUT2D eigenvalue weighted by Crippen LogP contribution is -2.53. The lowest BCUT2D eigenvalue weighted by atomic mass is 10.1. The zero-order valence-corrected chi connectivity index (χ0v) is 14.7. The number of carbonyl (C=O) groups excluding carboxylic acids is 2. The predicted molar refractivity (Wildman–Crippen MR) is 94.0 cm³/mol. The van der Waals surface area contributed by atoms with E-state index in [4.69, 9.17) is 0 Å². The minimum atomic E-state index is -0.511. The van der Waals surface area contributed by atoms with Crippen molar-refractivity contribution >= 4 is 23.3 Å². The number of nitrogens with zero attached hydrogens (tertiary/aromatic N) is 4. The summed E-state index contributed by atoms with van der Waals surface area (Å²) in [6.45, 7) is 4.06. The molecule has 1 saturated heterocycles. The molecule has 1 aliphatic heterocycles. The van der Waals surface area contributed by atoms with E-state index >= 15 is 0 Å². The van der Waals surface area contributed by atoms with Gasteiger partial charge in [0.15, 0.2) is 0 Å². The van der Waals surface area contributed by atoms with E-state index in [2.05, 4.69) is 5.32 Å². The molecule has 1 aliphatic rings. The Hall–Kier alpha value is -2.84. The first-order chi connectivity index (χ1) is 11.8. The van der Waals surface area contributed by atoms with Gasteiger partial charge in [-0.3, -0.25) is 14.9 Å². The number of nitro groups is 1. The number of hydrogen-bond donors (Lipinski definition) is 1. The van der Waals surface area contributed by atoms with Crippen LogP contribution in [0.3, 0.4) is 0 Å². The summed E-state index contributed by atoms with van der Waals surface area (Å²) in [4.78, 5) is 40.3. The van der Waals surface area contributed by atoms with Gasteiger partial charge in [-0.05, 0) is 13.0 Å². The molecule has 0 spiro atoms. The van der Waals surface area contributed by atoms with Crippen molar-refractivity contribution in [3.8, 4) is 0 Å². The highest BCUT2D eigenvalue weighted by molar-refractivity contribution is 6.00. The van der Waals surface area contributed by atoms with Crippen LogP contribution in [0.1, 0.15) is 17.3 Å². The van der Waals surface area contributed by atoms with Gasteiger partial charge in [0.1, 0.15) is 0 Å². The standard InChI is InChI=1S/C16H23N5O4/c1-4-17-16(23)20-9-7-19(8-10-20)15(22)13-11-12(21(24)25)5-6-14(13)18(2)3/h5-6,11H,4,7-10H2,1-3H3,(H,17,23). The van der Waals surface area contributed by atoms with Crippen molar-refractivity contribution in [1.82, 2.24) is 15.1 Å². The maximum atomic E-state index is 12.9. The van der Waals surface area contributed by atoms with E-state index in [0.29, 0.717) is 44.0 Å². The fourth-order valence-electron chi connectivity index (χ4n) is 2.74. The highest BCUT2D eigenvalue weighted by atomic mass is 16.6. The van der Waals surface area contributed by atoms with Crippen molar-refractivity contribution in [3.63, 3.8) is 0 Å². The van der Waals surface area contributed by atoms with Crippen LogP contribution in [0.25, 0.3) is 0 Å². The average Bonchev–Trinajstić information content (AvgIpc) is 2.60. The van der Waals surface area contributed by atoms with Crippen molar-refractivity contribution < 1.29 is 14.5 Å². The van der Waals surface area contributed by atoms with Crippen LogP contribution < -0.4 is 10.2 Å². The summed E-state index contributed by atoms with van der Waals surface area (Å²) in [5.74, 6) is -0.261. The number of carbonyl (C=O) groups is 2. The van der Waals surface area contributed by atoms with Gasteiger partial charge in [-0.2, -0.15) is 0 Å². The molecule has 0 radical (unpaired) electrons. The van der Waals surface area contributed by atoms with Crippen LogP contribution in [-0.4, -0.2) is 73.5 Å². The summed E-state index contributed by atoms with van der Waals surface area (Å²) in [6, 6.07) is 4.14. The van der Waals surface area contributed by atoms with E-state index in [9.17, 15) is 19.7 Å². The third-order valence-electron chi connectivity index (χ3n) is 4.09. The minimum absolute atomic E-state index is 0.116. The van der Waals surface area contributed by atoms with Gasteiger partial charge in [-0.1, -0.05) is 0 Å². The Balaban J connectivity index is 2.17. The number of nitrogens with one attached hydrogen (secondary N) is 1. The molecule has 0 atom stereocenters. The van der Waals surface area contributed by atoms with Gasteiger partial charge in [0.25, 0.3) is 11.6 Å². The molecular weight excluding hydrogens is 326 g/mol. The van der Waals surface area contributed by atoms with Gasteiger partial charge in [-0.15, -0.1) is 0 Å². The summed E-state index contributed by atoms with van der Waals surface area (Å²) < 4.78 is 0. The number of non-ortho nitro benzene ring substituents is 1. The summed E-state index contributed by atoms with van der Waals surface area (Å²) in [5.41, 5.74) is 0.808. The number of piperazine rings is 1. The van der Waals surface area contributed by atoms with Crippen LogP contribution in [0.15, 0.2) is 18.2 Å². The molecule has 0 aromatic heterocycles. The summed E-state index contributed by atoms with van der Waals surface area (Å²) in [7, 11) is 3.57. The first-order valence-electron chi connectivity index (χ1n) is 8.13. The van der Waals surface area contributed by atoms with Crippen LogP contribution in [0, 0.1) is 10.1 Å². The zero-order chi connectivity index (χ0) is 18.6. The Kier molecular flexibility index (Phi) is 5.79. The molecule has 0 unspecified atom stereocenters. The molecule has 1 heterocycles. The summed E-state index contributed by atoms with van der Waals surface area (Å²) >= 11 is 0. The van der Waals surface area contributed by atoms with Crippen molar-refractivity contribution in [2.45, 2.75) is 6.92 Å². The molecule has 1 fully saturated rings. The van der Waals surface area contributed by atoms with Crippen LogP contribution in [0.5, 0.6) is 0 Å². The molecule has 0 bridgehead atoms. The minimum Gasteiger partial charge on any atom is -0.377 e. The van der Waals surface area contributed by atoms with Crippen LogP contribution in [0.4, 0.5) is 16.2 Å². The van der Waals surface area contributed by atoms with Crippen molar-refractivity contribution in [3.05, 3.63) is 33.9 Å². The van der Waals surface area contributed by atoms with E-state index in [-0.39, 0.29) is 17.6 Å². The predicted octanol–water partition coefficient (Wildman–Crippen LogP) is 1.15. The lowest BCUT2D eigenvalue weighted by molar-refractivity contribution is -0.384. The quantitative estimate of drug-likeness (QED) is 0.649. The Labute approximate surface area is 146 Å². The number of amides is 3.